The number of phenolic OH excluding ortho intramolecular Hbond substituents is 1. The molecule has 34 heavy (non-hydrogen) atoms. The molecule has 5 rings (SSSR count). The third kappa shape index (κ3) is 3.42. The van der Waals surface area contributed by atoms with Gasteiger partial charge in [0.05, 0.1) is 11.6 Å². The number of aromatic hydroxyl groups is 1. The van der Waals surface area contributed by atoms with Crippen molar-refractivity contribution < 1.29 is 19.8 Å². The number of hydrogen-bond donors (Lipinski definition) is 2. The smallest absolute Gasteiger partial charge is 0.300 e. The lowest BCUT2D eigenvalue weighted by Crippen LogP contribution is -2.29. The van der Waals surface area contributed by atoms with Crippen molar-refractivity contribution in [1.82, 2.24) is 0 Å². The second-order valence-corrected chi connectivity index (χ2v) is 8.56. The SMILES string of the molecule is Cc1ccc(N2C(=O)C(=O)/C(=C(\O)c3cccc4ccccc34)C2c2ccc(O)cc2)cc1C. The second-order valence-electron chi connectivity index (χ2n) is 8.56. The van der Waals surface area contributed by atoms with Gasteiger partial charge in [-0.2, -0.15) is 0 Å². The predicted octanol–water partition coefficient (Wildman–Crippen LogP) is 5.79. The van der Waals surface area contributed by atoms with Crippen LogP contribution < -0.4 is 4.90 Å². The van der Waals surface area contributed by atoms with Gasteiger partial charge in [0.2, 0.25) is 0 Å². The molecule has 4 aromatic rings. The van der Waals surface area contributed by atoms with Gasteiger partial charge in [-0.3, -0.25) is 14.5 Å². The highest BCUT2D eigenvalue weighted by atomic mass is 16.3. The number of rotatable bonds is 3. The summed E-state index contributed by atoms with van der Waals surface area (Å²) < 4.78 is 0. The van der Waals surface area contributed by atoms with E-state index in [0.717, 1.165) is 21.9 Å². The lowest BCUT2D eigenvalue weighted by atomic mass is 9.93. The maximum Gasteiger partial charge on any atom is 0.300 e. The highest BCUT2D eigenvalue weighted by Crippen LogP contribution is 2.43. The van der Waals surface area contributed by atoms with Crippen LogP contribution in [0.3, 0.4) is 0 Å². The summed E-state index contributed by atoms with van der Waals surface area (Å²) in [7, 11) is 0. The second kappa shape index (κ2) is 8.19. The van der Waals surface area contributed by atoms with Crippen LogP contribution in [0.1, 0.15) is 28.3 Å². The third-order valence-electron chi connectivity index (χ3n) is 6.47. The monoisotopic (exact) mass is 449 g/mol. The number of aryl methyl sites for hydroxylation is 2. The first-order valence-corrected chi connectivity index (χ1v) is 11.0. The van der Waals surface area contributed by atoms with Crippen molar-refractivity contribution in [3.8, 4) is 5.75 Å². The number of hydrogen-bond acceptors (Lipinski definition) is 4. The minimum Gasteiger partial charge on any atom is -0.508 e. The molecule has 168 valence electrons. The zero-order valence-corrected chi connectivity index (χ0v) is 18.8. The number of benzene rings is 4. The van der Waals surface area contributed by atoms with Gasteiger partial charge in [0, 0.05) is 11.3 Å². The van der Waals surface area contributed by atoms with Gasteiger partial charge >= 0.3 is 0 Å². The normalized spacial score (nSPS) is 17.5. The maximum atomic E-state index is 13.4. The van der Waals surface area contributed by atoms with Crippen LogP contribution in [-0.4, -0.2) is 21.9 Å². The highest BCUT2D eigenvalue weighted by molar-refractivity contribution is 6.51. The van der Waals surface area contributed by atoms with Gasteiger partial charge in [0.25, 0.3) is 11.7 Å². The molecule has 5 nitrogen and oxygen atoms in total. The molecule has 1 amide bonds. The van der Waals surface area contributed by atoms with E-state index in [2.05, 4.69) is 0 Å². The molecule has 0 aromatic heterocycles. The number of ketones is 1. The Kier molecular flexibility index (Phi) is 5.17. The summed E-state index contributed by atoms with van der Waals surface area (Å²) in [5.41, 5.74) is 3.73. The van der Waals surface area contributed by atoms with Gasteiger partial charge in [-0.25, -0.2) is 0 Å². The number of phenols is 1. The highest BCUT2D eigenvalue weighted by Gasteiger charge is 2.47. The standard InChI is InChI=1S/C29H23NO4/c1-17-10-13-21(16-18(17)2)30-26(20-11-14-22(31)15-12-20)25(28(33)29(30)34)27(32)24-9-5-7-19-6-3-4-8-23(19)24/h3-16,26,31-32H,1-2H3/b27-25-. The first-order valence-electron chi connectivity index (χ1n) is 11.0. The van der Waals surface area contributed by atoms with E-state index in [-0.39, 0.29) is 17.1 Å². The molecule has 0 radical (unpaired) electrons. The Morgan fingerprint density at radius 2 is 1.53 bits per heavy atom. The van der Waals surface area contributed by atoms with Gasteiger partial charge < -0.3 is 10.2 Å². The van der Waals surface area contributed by atoms with Crippen LogP contribution in [0.2, 0.25) is 0 Å². The first kappa shape index (κ1) is 21.5. The van der Waals surface area contributed by atoms with E-state index in [1.807, 2.05) is 62.4 Å². The fourth-order valence-electron chi connectivity index (χ4n) is 4.52. The topological polar surface area (TPSA) is 77.8 Å². The van der Waals surface area contributed by atoms with Crippen LogP contribution in [0.15, 0.2) is 90.5 Å². The third-order valence-corrected chi connectivity index (χ3v) is 6.47. The van der Waals surface area contributed by atoms with Gasteiger partial charge in [-0.15, -0.1) is 0 Å². The molecule has 1 heterocycles. The van der Waals surface area contributed by atoms with E-state index < -0.39 is 17.7 Å². The summed E-state index contributed by atoms with van der Waals surface area (Å²) >= 11 is 0. The fraction of sp³-hybridized carbons (Fsp3) is 0.103. The molecule has 5 heteroatoms. The van der Waals surface area contributed by atoms with Crippen molar-refractivity contribution in [2.75, 3.05) is 4.90 Å². The molecule has 1 saturated heterocycles. The van der Waals surface area contributed by atoms with Crippen LogP contribution in [0.4, 0.5) is 5.69 Å². The summed E-state index contributed by atoms with van der Waals surface area (Å²) in [5.74, 6) is -1.61. The van der Waals surface area contributed by atoms with E-state index in [0.29, 0.717) is 16.8 Å². The van der Waals surface area contributed by atoms with E-state index in [1.54, 1.807) is 24.3 Å². The quantitative estimate of drug-likeness (QED) is 0.236. The first-order chi connectivity index (χ1) is 16.4. The summed E-state index contributed by atoms with van der Waals surface area (Å²) in [6.07, 6.45) is 0. The number of fused-ring (bicyclic) bond motifs is 1. The average molecular weight is 450 g/mol. The number of carbonyl (C=O) groups excluding carboxylic acids is 2. The van der Waals surface area contributed by atoms with Crippen molar-refractivity contribution in [2.45, 2.75) is 19.9 Å². The molecule has 1 atom stereocenters. The molecule has 1 unspecified atom stereocenters. The molecule has 1 fully saturated rings. The summed E-state index contributed by atoms with van der Waals surface area (Å²) in [6, 6.07) is 24.1. The van der Waals surface area contributed by atoms with E-state index >= 15 is 0 Å². The minimum absolute atomic E-state index is 0.0188. The molecule has 0 aliphatic carbocycles. The van der Waals surface area contributed by atoms with Crippen LogP contribution in [0, 0.1) is 13.8 Å². The number of carbonyl (C=O) groups is 2. The van der Waals surface area contributed by atoms with Crippen molar-refractivity contribution in [3.05, 3.63) is 113 Å². The molecule has 0 bridgehead atoms. The largest absolute Gasteiger partial charge is 0.508 e. The lowest BCUT2D eigenvalue weighted by molar-refractivity contribution is -0.132. The molecule has 2 N–H and O–H groups in total. The number of Topliss-reactive ketones (excluding diaryl/α,β-unsaturated/α-hetero) is 1. The molecular formula is C29H23NO4. The molecule has 4 aromatic carbocycles. The summed E-state index contributed by atoms with van der Waals surface area (Å²) in [5, 5.41) is 23.0. The number of amides is 1. The van der Waals surface area contributed by atoms with Gasteiger partial charge in [-0.05, 0) is 65.6 Å². The predicted molar refractivity (Wildman–Crippen MR) is 133 cm³/mol. The van der Waals surface area contributed by atoms with E-state index in [9.17, 15) is 19.8 Å². The Morgan fingerprint density at radius 3 is 2.26 bits per heavy atom. The summed E-state index contributed by atoms with van der Waals surface area (Å²) in [6.45, 7) is 3.92. The number of nitrogens with zero attached hydrogens (tertiary/aromatic N) is 1. The van der Waals surface area contributed by atoms with Crippen molar-refractivity contribution in [1.29, 1.82) is 0 Å². The van der Waals surface area contributed by atoms with Gasteiger partial charge in [0.15, 0.2) is 0 Å². The Hall–Kier alpha value is -4.38. The number of aliphatic hydroxyl groups is 1. The number of aliphatic hydroxyl groups excluding tert-OH is 1. The van der Waals surface area contributed by atoms with Crippen molar-refractivity contribution in [2.24, 2.45) is 0 Å². The average Bonchev–Trinajstić information content (AvgIpc) is 3.11. The van der Waals surface area contributed by atoms with Gasteiger partial charge in [-0.1, -0.05) is 60.7 Å². The zero-order chi connectivity index (χ0) is 24.0. The molecule has 1 aliphatic rings. The maximum absolute atomic E-state index is 13.4. The van der Waals surface area contributed by atoms with Crippen molar-refractivity contribution in [3.63, 3.8) is 0 Å². The molecule has 0 spiro atoms. The molecule has 1 aliphatic heterocycles. The van der Waals surface area contributed by atoms with Crippen LogP contribution >= 0.6 is 0 Å². The van der Waals surface area contributed by atoms with Crippen LogP contribution in [0.5, 0.6) is 5.75 Å². The van der Waals surface area contributed by atoms with Crippen LogP contribution in [0.25, 0.3) is 16.5 Å². The number of anilines is 1. The zero-order valence-electron chi connectivity index (χ0n) is 18.8. The Labute approximate surface area is 197 Å². The van der Waals surface area contributed by atoms with Crippen LogP contribution in [-0.2, 0) is 9.59 Å². The minimum atomic E-state index is -0.846. The Bertz CT molecular complexity index is 1480. The van der Waals surface area contributed by atoms with E-state index in [4.69, 9.17) is 0 Å². The molecule has 0 saturated carbocycles. The lowest BCUT2D eigenvalue weighted by Gasteiger charge is -2.26. The van der Waals surface area contributed by atoms with Gasteiger partial charge in [0.1, 0.15) is 11.5 Å². The Morgan fingerprint density at radius 1 is 0.824 bits per heavy atom. The van der Waals surface area contributed by atoms with Crippen molar-refractivity contribution >= 4 is 33.9 Å². The summed E-state index contributed by atoms with van der Waals surface area (Å²) in [4.78, 5) is 28.2. The molecular weight excluding hydrogens is 426 g/mol. The van der Waals surface area contributed by atoms with E-state index in [1.165, 1.54) is 17.0 Å². The Balaban J connectivity index is 1.78. The fourth-order valence-corrected chi connectivity index (χ4v) is 4.52.